The van der Waals surface area contributed by atoms with Crippen LogP contribution in [0.3, 0.4) is 0 Å². The second-order valence-electron chi connectivity index (χ2n) is 33.2. The van der Waals surface area contributed by atoms with Gasteiger partial charge in [-0.3, -0.25) is 0 Å². The zero-order valence-corrected chi connectivity index (χ0v) is 71.1. The summed E-state index contributed by atoms with van der Waals surface area (Å²) in [6.45, 7) is 9.50. The first-order valence-corrected chi connectivity index (χ1v) is 50.9. The molecule has 572 valence electrons. The number of rotatable bonds is 38. The van der Waals surface area contributed by atoms with Crippen LogP contribution >= 0.6 is 0 Å². The zero-order chi connectivity index (χ0) is 76.8. The third kappa shape index (κ3) is 15.0. The molecule has 0 aliphatic carbocycles. The maximum atomic E-state index is 3.03. The summed E-state index contributed by atoms with van der Waals surface area (Å²) in [4.78, 5) is 0. The van der Waals surface area contributed by atoms with E-state index in [1.54, 1.807) is 20.7 Å². The van der Waals surface area contributed by atoms with Gasteiger partial charge in [-0.2, -0.15) is 0 Å². The Kier molecular flexibility index (Phi) is 24.8. The molecule has 0 saturated heterocycles. The van der Waals surface area contributed by atoms with E-state index in [9.17, 15) is 0 Å². The second-order valence-corrected chi connectivity index (χ2v) is 44.8. The fraction of sp³-hybridized carbons (Fsp3) is 0.296. The molecular weight excluding hydrogens is 1410 g/mol. The van der Waals surface area contributed by atoms with Gasteiger partial charge in [0.1, 0.15) is 8.07 Å². The lowest BCUT2D eigenvalue weighted by atomic mass is 10.0. The van der Waals surface area contributed by atoms with Crippen LogP contribution < -0.4 is 31.1 Å². The summed E-state index contributed by atoms with van der Waals surface area (Å²) in [7, 11) is -9.72. The van der Waals surface area contributed by atoms with Crippen LogP contribution in [0.1, 0.15) is 182 Å². The lowest BCUT2D eigenvalue weighted by molar-refractivity contribution is 0.616. The number of hydrogen-bond donors (Lipinski definition) is 0. The summed E-state index contributed by atoms with van der Waals surface area (Å²) < 4.78 is 6.06. The van der Waals surface area contributed by atoms with Crippen molar-refractivity contribution in [2.45, 2.75) is 206 Å². The molecule has 0 bridgehead atoms. The number of unbranched alkanes of at least 4 members (excludes halogenated alkanes) is 20. The molecule has 0 amide bonds. The molecule has 0 radical (unpaired) electrons. The van der Waals surface area contributed by atoms with E-state index in [0.29, 0.717) is 0 Å². The SMILES string of the molecule is CCCCCCCC[Si](CCCCCCCC)(c1c2ccccc2c([Si](CCCCCCCC)(c2ccc(-c3ccccc3)cc2)n2c3ccccc3c3ccccc32)c2ccccc12)c1c2ccccc2c([Si](CCCCCCCC)(c2ccc(-c3ccccc3)cc2)n2c3ccccc3c3ccccc32)c2ccccc12. The molecule has 2 unspecified atom stereocenters. The van der Waals surface area contributed by atoms with Crippen molar-refractivity contribution in [2.75, 3.05) is 0 Å². The zero-order valence-electron chi connectivity index (χ0n) is 68.1. The monoisotopic (exact) mass is 1530 g/mol. The van der Waals surface area contributed by atoms with Crippen molar-refractivity contribution in [3.63, 3.8) is 0 Å². The Bertz CT molecular complexity index is 5270. The van der Waals surface area contributed by atoms with E-state index in [2.05, 4.69) is 339 Å². The molecule has 113 heavy (non-hydrogen) atoms. The smallest absolute Gasteiger partial charge is 0.226 e. The minimum absolute atomic E-state index is 1.08. The maximum absolute atomic E-state index is 3.29. The van der Waals surface area contributed by atoms with Crippen molar-refractivity contribution in [1.82, 2.24) is 8.47 Å². The van der Waals surface area contributed by atoms with E-state index in [1.165, 1.54) is 273 Å². The van der Waals surface area contributed by atoms with Crippen LogP contribution in [0.2, 0.25) is 24.2 Å². The van der Waals surface area contributed by atoms with Gasteiger partial charge in [0, 0.05) is 43.6 Å². The van der Waals surface area contributed by atoms with Crippen molar-refractivity contribution in [2.24, 2.45) is 0 Å². The normalized spacial score (nSPS) is 13.2. The van der Waals surface area contributed by atoms with Gasteiger partial charge in [0.05, 0.1) is 0 Å². The van der Waals surface area contributed by atoms with Gasteiger partial charge in [-0.25, -0.2) is 0 Å². The van der Waals surface area contributed by atoms with Crippen LogP contribution in [0.4, 0.5) is 0 Å². The van der Waals surface area contributed by atoms with E-state index in [-0.39, 0.29) is 0 Å². The molecule has 16 aromatic rings. The molecule has 2 heterocycles. The highest BCUT2D eigenvalue weighted by Gasteiger charge is 2.50. The largest absolute Gasteiger partial charge is 0.359 e. The lowest BCUT2D eigenvalue weighted by Gasteiger charge is -2.42. The van der Waals surface area contributed by atoms with E-state index in [4.69, 9.17) is 0 Å². The molecule has 2 atom stereocenters. The molecule has 0 aliphatic heterocycles. The molecule has 2 aromatic heterocycles. The summed E-state index contributed by atoms with van der Waals surface area (Å²) in [6.07, 6.45) is 30.0. The average Bonchev–Trinajstić information content (AvgIpc) is 1.68. The lowest BCUT2D eigenvalue weighted by Crippen LogP contribution is -2.66. The van der Waals surface area contributed by atoms with Crippen molar-refractivity contribution in [3.05, 3.63) is 303 Å². The third-order valence-electron chi connectivity index (χ3n) is 26.2. The summed E-state index contributed by atoms with van der Waals surface area (Å²) in [5, 5.41) is 26.8. The minimum Gasteiger partial charge on any atom is -0.359 e. The summed E-state index contributed by atoms with van der Waals surface area (Å²) in [5.41, 5.74) is 10.5. The van der Waals surface area contributed by atoms with E-state index in [1.807, 2.05) is 0 Å². The van der Waals surface area contributed by atoms with Gasteiger partial charge >= 0.3 is 0 Å². The van der Waals surface area contributed by atoms with E-state index in [0.717, 1.165) is 24.9 Å². The Morgan fingerprint density at radius 1 is 0.177 bits per heavy atom. The quantitative estimate of drug-likeness (QED) is 0.0207. The Labute approximate surface area is 677 Å². The second kappa shape index (κ2) is 36.2. The average molecular weight is 1530 g/mol. The predicted molar refractivity (Wildman–Crippen MR) is 504 cm³/mol. The predicted octanol–water partition coefficient (Wildman–Crippen LogP) is 28.1. The summed E-state index contributed by atoms with van der Waals surface area (Å²) >= 11 is 0. The Balaban J connectivity index is 1.05. The standard InChI is InChI=1S/C108H118N2Si3/c1-5-9-13-17-21-47-79-111(80-48-22-18-14-10-6-2,105-93-59-31-35-63-97(93)107(98-64-36-32-60-94(98)105)112(81-49-23-19-15-11-7-3,87-75-71-85(72-76-87)83-51-27-25-28-52-83)109-101-67-43-39-55-89(101)90-56-40-44-68-102(90)109)106-95-61-33-37-65-99(95)108(100-66-38-34-62-96(100)106)113(82-50-24-20-16-12-8-4,88-77-73-86(74-78-88)84-53-29-26-30-54-84)110-103-69-45-41-57-91(103)92-58-42-46-70-104(92)110/h25-46,51-78H,5-24,47-50,79-82H2,1-4H3. The molecule has 0 N–H and O–H groups in total. The van der Waals surface area contributed by atoms with Gasteiger partial charge in [-0.1, -0.05) is 461 Å². The first-order valence-electron chi connectivity index (χ1n) is 44.2. The van der Waals surface area contributed by atoms with Crippen LogP contribution in [0.5, 0.6) is 0 Å². The number of aromatic nitrogens is 2. The molecule has 0 saturated carbocycles. The number of para-hydroxylation sites is 4. The number of hydrogen-bond acceptors (Lipinski definition) is 0. The van der Waals surface area contributed by atoms with E-state index < -0.39 is 24.5 Å². The van der Waals surface area contributed by atoms with Crippen LogP contribution in [-0.4, -0.2) is 33.0 Å². The number of nitrogens with zero attached hydrogens (tertiary/aromatic N) is 2. The van der Waals surface area contributed by atoms with Crippen LogP contribution in [0.15, 0.2) is 303 Å². The third-order valence-corrected chi connectivity index (χ3v) is 41.6. The van der Waals surface area contributed by atoms with Crippen LogP contribution in [0.25, 0.3) is 109 Å². The molecule has 5 heteroatoms. The first kappa shape index (κ1) is 77.3. The fourth-order valence-corrected chi connectivity index (χ4v) is 38.2. The fourth-order valence-electron chi connectivity index (χ4n) is 21.0. The van der Waals surface area contributed by atoms with Gasteiger partial charge in [-0.05, 0) is 145 Å². The van der Waals surface area contributed by atoms with Crippen LogP contribution in [0, 0.1) is 0 Å². The molecule has 0 spiro atoms. The topological polar surface area (TPSA) is 9.86 Å². The van der Waals surface area contributed by atoms with E-state index >= 15 is 0 Å². The molecule has 0 fully saturated rings. The van der Waals surface area contributed by atoms with Crippen molar-refractivity contribution in [3.8, 4) is 22.3 Å². The maximum Gasteiger partial charge on any atom is 0.226 e. The Hall–Kier alpha value is -9.63. The Morgan fingerprint density at radius 2 is 0.381 bits per heavy atom. The highest BCUT2D eigenvalue weighted by molar-refractivity contribution is 7.10. The first-order chi connectivity index (χ1) is 56.0. The molecule has 0 aliphatic rings. The minimum atomic E-state index is -3.29. The van der Waals surface area contributed by atoms with Gasteiger partial charge in [0.25, 0.3) is 0 Å². The summed E-state index contributed by atoms with van der Waals surface area (Å²) in [5.74, 6) is 0. The van der Waals surface area contributed by atoms with Gasteiger partial charge in [0.2, 0.25) is 16.5 Å². The number of benzene rings is 14. The Morgan fingerprint density at radius 3 is 0.646 bits per heavy atom. The highest BCUT2D eigenvalue weighted by Crippen LogP contribution is 2.43. The van der Waals surface area contributed by atoms with Gasteiger partial charge in [0.15, 0.2) is 0 Å². The summed E-state index contributed by atoms with van der Waals surface area (Å²) in [6, 6.07) is 126. The number of fused-ring (bicyclic) bond motifs is 10. The molecule has 14 aromatic carbocycles. The van der Waals surface area contributed by atoms with Gasteiger partial charge < -0.3 is 8.47 Å². The van der Waals surface area contributed by atoms with Crippen molar-refractivity contribution < 1.29 is 0 Å². The van der Waals surface area contributed by atoms with Crippen LogP contribution in [-0.2, 0) is 0 Å². The molecule has 16 rings (SSSR count). The molecular formula is C108H118N2Si3. The van der Waals surface area contributed by atoms with Crippen molar-refractivity contribution in [1.29, 1.82) is 0 Å². The van der Waals surface area contributed by atoms with Crippen molar-refractivity contribution >= 4 is 142 Å². The molecule has 2 nitrogen and oxygen atoms in total. The van der Waals surface area contributed by atoms with Gasteiger partial charge in [-0.15, -0.1) is 0 Å². The highest BCUT2D eigenvalue weighted by atomic mass is 28.3.